The molecule has 12 aromatic rings. The molecule has 0 bridgehead atoms. The summed E-state index contributed by atoms with van der Waals surface area (Å²) in [6, 6.07) is 77.9. The molecule has 0 saturated carbocycles. The van der Waals surface area contributed by atoms with Crippen LogP contribution in [0.4, 0.5) is 0 Å². The van der Waals surface area contributed by atoms with E-state index in [4.69, 9.17) is 29.9 Å². The number of aromatic nitrogens is 7. The van der Waals surface area contributed by atoms with Crippen LogP contribution in [0.2, 0.25) is 0 Å². The van der Waals surface area contributed by atoms with Gasteiger partial charge in [-0.2, -0.15) is 0 Å². The summed E-state index contributed by atoms with van der Waals surface area (Å²) >= 11 is 0. The quantitative estimate of drug-likeness (QED) is 0.151. The molecule has 0 radical (unpaired) electrons. The number of nitrogens with zero attached hydrogens (tertiary/aromatic N) is 7. The highest BCUT2D eigenvalue weighted by Gasteiger charge is 2.37. The number of rotatable bonds is 8. The zero-order valence-electron chi connectivity index (χ0n) is 38.5. The van der Waals surface area contributed by atoms with Crippen LogP contribution in [-0.4, -0.2) is 34.5 Å². The minimum Gasteiger partial charge on any atom is -0.309 e. The first kappa shape index (κ1) is 41.0. The van der Waals surface area contributed by atoms with Gasteiger partial charge in [-0.15, -0.1) is 0 Å². The molecule has 0 atom stereocenters. The van der Waals surface area contributed by atoms with Gasteiger partial charge < -0.3 is 4.57 Å². The molecule has 9 aromatic carbocycles. The summed E-state index contributed by atoms with van der Waals surface area (Å²) in [4.78, 5) is 31.9. The Morgan fingerprint density at radius 2 is 0.729 bits per heavy atom. The first-order chi connectivity index (χ1) is 34.5. The minimum atomic E-state index is -0.192. The molecule has 0 amide bonds. The fraction of sp³-hybridized carbons (Fsp3) is 0.0476. The number of benzene rings is 9. The van der Waals surface area contributed by atoms with Gasteiger partial charge in [0.2, 0.25) is 0 Å². The first-order valence-corrected chi connectivity index (χ1v) is 23.6. The predicted molar refractivity (Wildman–Crippen MR) is 283 cm³/mol. The van der Waals surface area contributed by atoms with Crippen molar-refractivity contribution >= 4 is 21.8 Å². The Labute approximate surface area is 405 Å². The monoisotopic (exact) mass is 897 g/mol. The van der Waals surface area contributed by atoms with Gasteiger partial charge in [-0.3, -0.25) is 0 Å². The molecule has 1 aliphatic rings. The molecule has 330 valence electrons. The lowest BCUT2D eigenvalue weighted by Crippen LogP contribution is -2.14. The van der Waals surface area contributed by atoms with Gasteiger partial charge >= 0.3 is 0 Å². The zero-order valence-corrected chi connectivity index (χ0v) is 38.5. The molecule has 7 heteroatoms. The molecule has 70 heavy (non-hydrogen) atoms. The van der Waals surface area contributed by atoms with Gasteiger partial charge in [0.1, 0.15) is 0 Å². The van der Waals surface area contributed by atoms with E-state index in [0.717, 1.165) is 77.6 Å². The van der Waals surface area contributed by atoms with E-state index in [1.165, 1.54) is 16.7 Å². The van der Waals surface area contributed by atoms with Gasteiger partial charge in [-0.25, -0.2) is 29.9 Å². The molecule has 0 spiro atoms. The molecule has 3 heterocycles. The molecule has 0 saturated heterocycles. The molecular weight excluding hydrogens is 855 g/mol. The van der Waals surface area contributed by atoms with Crippen molar-refractivity contribution in [2.45, 2.75) is 19.3 Å². The maximum absolute atomic E-state index is 5.42. The topological polar surface area (TPSA) is 82.3 Å². The Morgan fingerprint density at radius 1 is 0.300 bits per heavy atom. The Hall–Kier alpha value is -9.20. The van der Waals surface area contributed by atoms with E-state index in [9.17, 15) is 0 Å². The highest BCUT2D eigenvalue weighted by atomic mass is 15.1. The molecular formula is C63H43N7. The number of para-hydroxylation sites is 2. The average molecular weight is 898 g/mol. The van der Waals surface area contributed by atoms with Crippen molar-refractivity contribution in [1.82, 2.24) is 34.5 Å². The van der Waals surface area contributed by atoms with Crippen LogP contribution in [-0.2, 0) is 5.41 Å². The van der Waals surface area contributed by atoms with Crippen LogP contribution in [0, 0.1) is 0 Å². The SMILES string of the molecule is CC1(C)c2ccccc2-c2c(-c3nc(-c4ccccc4)nc(-c4ccc(-n5c6ccccc6c6ccccc65)c(-c5nc(-c6ccccc6)nc(-c6cccc(-c7ccccc7)c6)n5)c4)n3)cccc21. The minimum absolute atomic E-state index is 0.192. The van der Waals surface area contributed by atoms with Crippen LogP contribution in [0.5, 0.6) is 0 Å². The lowest BCUT2D eigenvalue weighted by Gasteiger charge is -2.21. The molecule has 7 nitrogen and oxygen atoms in total. The van der Waals surface area contributed by atoms with Gasteiger partial charge in [0.05, 0.1) is 16.7 Å². The predicted octanol–water partition coefficient (Wildman–Crippen LogP) is 15.1. The lowest BCUT2D eigenvalue weighted by molar-refractivity contribution is 0.660. The van der Waals surface area contributed by atoms with Crippen molar-refractivity contribution in [2.24, 2.45) is 0 Å². The highest BCUT2D eigenvalue weighted by Crippen LogP contribution is 2.52. The van der Waals surface area contributed by atoms with E-state index in [-0.39, 0.29) is 5.41 Å². The maximum atomic E-state index is 5.42. The second-order valence-corrected chi connectivity index (χ2v) is 18.3. The highest BCUT2D eigenvalue weighted by molar-refractivity contribution is 6.09. The molecule has 0 N–H and O–H groups in total. The third kappa shape index (κ3) is 6.89. The van der Waals surface area contributed by atoms with E-state index in [0.29, 0.717) is 34.9 Å². The van der Waals surface area contributed by atoms with Crippen LogP contribution in [0.1, 0.15) is 25.0 Å². The van der Waals surface area contributed by atoms with Crippen molar-refractivity contribution in [2.75, 3.05) is 0 Å². The van der Waals surface area contributed by atoms with Crippen LogP contribution >= 0.6 is 0 Å². The summed E-state index contributed by atoms with van der Waals surface area (Å²) in [5.74, 6) is 3.38. The van der Waals surface area contributed by atoms with Crippen molar-refractivity contribution in [1.29, 1.82) is 0 Å². The third-order valence-electron chi connectivity index (χ3n) is 13.7. The average Bonchev–Trinajstić information content (AvgIpc) is 3.89. The molecule has 0 aliphatic heterocycles. The fourth-order valence-electron chi connectivity index (χ4n) is 10.3. The Balaban J connectivity index is 1.08. The smallest absolute Gasteiger partial charge is 0.166 e. The van der Waals surface area contributed by atoms with Gasteiger partial charge in [-0.05, 0) is 69.8 Å². The summed E-state index contributed by atoms with van der Waals surface area (Å²) in [5, 5.41) is 2.31. The van der Waals surface area contributed by atoms with E-state index in [2.05, 4.69) is 188 Å². The molecule has 1 aliphatic carbocycles. The summed E-state index contributed by atoms with van der Waals surface area (Å²) in [6.45, 7) is 4.59. The summed E-state index contributed by atoms with van der Waals surface area (Å²) in [6.07, 6.45) is 0. The van der Waals surface area contributed by atoms with Gasteiger partial charge in [-0.1, -0.05) is 202 Å². The van der Waals surface area contributed by atoms with E-state index < -0.39 is 0 Å². The van der Waals surface area contributed by atoms with Crippen LogP contribution in [0.3, 0.4) is 0 Å². The largest absolute Gasteiger partial charge is 0.309 e. The van der Waals surface area contributed by atoms with Crippen molar-refractivity contribution in [3.05, 3.63) is 236 Å². The summed E-state index contributed by atoms with van der Waals surface area (Å²) in [7, 11) is 0. The Morgan fingerprint density at radius 3 is 1.36 bits per heavy atom. The van der Waals surface area contributed by atoms with E-state index in [1.54, 1.807) is 0 Å². The van der Waals surface area contributed by atoms with E-state index in [1.807, 2.05) is 54.6 Å². The van der Waals surface area contributed by atoms with E-state index >= 15 is 0 Å². The second-order valence-electron chi connectivity index (χ2n) is 18.3. The molecule has 0 unspecified atom stereocenters. The zero-order chi connectivity index (χ0) is 46.8. The Kier molecular flexibility index (Phi) is 9.69. The van der Waals surface area contributed by atoms with Gasteiger partial charge in [0, 0.05) is 49.6 Å². The van der Waals surface area contributed by atoms with Gasteiger partial charge in [0.15, 0.2) is 34.9 Å². The molecule has 3 aromatic heterocycles. The number of hydrogen-bond acceptors (Lipinski definition) is 6. The van der Waals surface area contributed by atoms with Crippen molar-refractivity contribution < 1.29 is 0 Å². The van der Waals surface area contributed by atoms with Crippen molar-refractivity contribution in [3.63, 3.8) is 0 Å². The first-order valence-electron chi connectivity index (χ1n) is 23.6. The fourth-order valence-corrected chi connectivity index (χ4v) is 10.3. The molecule has 0 fully saturated rings. The van der Waals surface area contributed by atoms with Crippen LogP contribution < -0.4 is 0 Å². The van der Waals surface area contributed by atoms with Crippen LogP contribution in [0.25, 0.3) is 118 Å². The number of fused-ring (bicyclic) bond motifs is 6. The van der Waals surface area contributed by atoms with Crippen molar-refractivity contribution in [3.8, 4) is 96.3 Å². The van der Waals surface area contributed by atoms with Crippen LogP contribution in [0.15, 0.2) is 224 Å². The molecule has 13 rings (SSSR count). The second kappa shape index (κ2) is 16.5. The third-order valence-corrected chi connectivity index (χ3v) is 13.7. The lowest BCUT2D eigenvalue weighted by atomic mass is 9.82. The Bertz CT molecular complexity index is 3920. The summed E-state index contributed by atoms with van der Waals surface area (Å²) < 4.78 is 2.33. The maximum Gasteiger partial charge on any atom is 0.166 e. The number of hydrogen-bond donors (Lipinski definition) is 0. The van der Waals surface area contributed by atoms with Gasteiger partial charge in [0.25, 0.3) is 0 Å². The summed E-state index contributed by atoms with van der Waals surface area (Å²) in [5.41, 5.74) is 15.2. The normalized spacial score (nSPS) is 12.5. The standard InChI is InChI=1S/C63H43N7/c1-63(2)51-32-15-12-30-48(51)56-49(31-19-33-52(56)63)61-66-57(41-22-8-4-9-23-41)65-60(68-61)45-36-37-55(70-53-34-16-13-28-46(53)47-29-14-17-35-54(47)70)50(39-45)62-67-58(42-24-10-5-11-25-42)64-59(69-62)44-27-18-26-43(38-44)40-20-6-3-7-21-40/h3-39H,1-2H3.